The van der Waals surface area contributed by atoms with Crippen LogP contribution in [-0.2, 0) is 0 Å². The van der Waals surface area contributed by atoms with Gasteiger partial charge in [0.25, 0.3) is 0 Å². The number of rotatable bonds is 2. The summed E-state index contributed by atoms with van der Waals surface area (Å²) in [6.45, 7) is 4.25. The van der Waals surface area contributed by atoms with Gasteiger partial charge in [-0.3, -0.25) is 4.57 Å². The maximum Gasteiger partial charge on any atom is 0.325 e. The van der Waals surface area contributed by atoms with Crippen molar-refractivity contribution in [1.29, 1.82) is 0 Å². The molecule has 1 aliphatic rings. The third-order valence-electron chi connectivity index (χ3n) is 2.87. The molecule has 0 aliphatic heterocycles. The molecule has 1 fully saturated rings. The number of imidazole rings is 1. The van der Waals surface area contributed by atoms with E-state index in [9.17, 15) is 4.79 Å². The molecule has 0 unspecified atom stereocenters. The molecule has 2 rings (SSSR count). The molecule has 0 radical (unpaired) electrons. The van der Waals surface area contributed by atoms with Crippen LogP contribution in [-0.4, -0.2) is 9.55 Å². The molecule has 3 nitrogen and oxygen atoms in total. The van der Waals surface area contributed by atoms with E-state index in [1.54, 1.807) is 0 Å². The summed E-state index contributed by atoms with van der Waals surface area (Å²) in [7, 11) is 0. The number of hydrogen-bond donors (Lipinski definition) is 1. The van der Waals surface area contributed by atoms with Gasteiger partial charge in [0, 0.05) is 17.9 Å². The average molecular weight is 180 g/mol. The lowest BCUT2D eigenvalue weighted by Gasteiger charge is -2.28. The standard InChI is InChI=1S/C10H16N2O/c1-7(2)9-6-11-10(13)12(9)8-4-3-5-8/h6-8H,3-5H2,1-2H3,(H,11,13). The monoisotopic (exact) mass is 180 g/mol. The van der Waals surface area contributed by atoms with Crippen LogP contribution < -0.4 is 5.69 Å². The van der Waals surface area contributed by atoms with Gasteiger partial charge in [0.15, 0.2) is 0 Å². The third kappa shape index (κ3) is 1.32. The summed E-state index contributed by atoms with van der Waals surface area (Å²) in [6, 6.07) is 0.469. The van der Waals surface area contributed by atoms with E-state index in [1.165, 1.54) is 6.42 Å². The van der Waals surface area contributed by atoms with E-state index in [0.717, 1.165) is 18.5 Å². The van der Waals surface area contributed by atoms with E-state index >= 15 is 0 Å². The Morgan fingerprint density at radius 1 is 1.54 bits per heavy atom. The predicted octanol–water partition coefficient (Wildman–Crippen LogP) is 2.02. The van der Waals surface area contributed by atoms with E-state index in [4.69, 9.17) is 0 Å². The SMILES string of the molecule is CC(C)c1c[nH]c(=O)n1C1CCC1. The summed E-state index contributed by atoms with van der Waals surface area (Å²) in [5.74, 6) is 0.430. The Balaban J connectivity index is 2.40. The van der Waals surface area contributed by atoms with Gasteiger partial charge in [-0.25, -0.2) is 4.79 Å². The molecular weight excluding hydrogens is 164 g/mol. The second-order valence-corrected chi connectivity index (χ2v) is 4.13. The smallest absolute Gasteiger partial charge is 0.312 e. The third-order valence-corrected chi connectivity index (χ3v) is 2.87. The van der Waals surface area contributed by atoms with Crippen LogP contribution in [0, 0.1) is 0 Å². The Hall–Kier alpha value is -0.990. The van der Waals surface area contributed by atoms with Crippen molar-refractivity contribution in [2.75, 3.05) is 0 Å². The molecule has 1 heterocycles. The second kappa shape index (κ2) is 3.05. The first kappa shape index (κ1) is 8.60. The zero-order chi connectivity index (χ0) is 9.42. The maximum absolute atomic E-state index is 11.5. The van der Waals surface area contributed by atoms with Gasteiger partial charge >= 0.3 is 5.69 Å². The Morgan fingerprint density at radius 2 is 2.23 bits per heavy atom. The molecule has 3 heteroatoms. The summed E-state index contributed by atoms with van der Waals surface area (Å²) < 4.78 is 1.94. The predicted molar refractivity (Wildman–Crippen MR) is 52.0 cm³/mol. The largest absolute Gasteiger partial charge is 0.325 e. The molecule has 1 aromatic heterocycles. The zero-order valence-corrected chi connectivity index (χ0v) is 8.21. The van der Waals surface area contributed by atoms with E-state index in [0.29, 0.717) is 12.0 Å². The molecule has 72 valence electrons. The lowest BCUT2D eigenvalue weighted by atomic mass is 9.92. The minimum atomic E-state index is 0.0633. The van der Waals surface area contributed by atoms with Crippen LogP contribution in [0.4, 0.5) is 0 Å². The highest BCUT2D eigenvalue weighted by molar-refractivity contribution is 5.06. The number of hydrogen-bond acceptors (Lipinski definition) is 1. The molecule has 0 spiro atoms. The summed E-state index contributed by atoms with van der Waals surface area (Å²) in [6.07, 6.45) is 5.44. The number of H-pyrrole nitrogens is 1. The normalized spacial score (nSPS) is 17.8. The van der Waals surface area contributed by atoms with Gasteiger partial charge in [-0.1, -0.05) is 13.8 Å². The number of aromatic nitrogens is 2. The van der Waals surface area contributed by atoms with Crippen LogP contribution in [0.5, 0.6) is 0 Å². The van der Waals surface area contributed by atoms with Gasteiger partial charge in [-0.15, -0.1) is 0 Å². The summed E-state index contributed by atoms with van der Waals surface area (Å²) >= 11 is 0. The van der Waals surface area contributed by atoms with E-state index < -0.39 is 0 Å². The van der Waals surface area contributed by atoms with Gasteiger partial charge in [-0.05, 0) is 25.2 Å². The Bertz CT molecular complexity index is 344. The molecule has 1 saturated carbocycles. The van der Waals surface area contributed by atoms with Gasteiger partial charge in [0.05, 0.1) is 0 Å². The zero-order valence-electron chi connectivity index (χ0n) is 8.21. The summed E-state index contributed by atoms with van der Waals surface area (Å²) in [5.41, 5.74) is 1.21. The first-order chi connectivity index (χ1) is 6.20. The van der Waals surface area contributed by atoms with Crippen LogP contribution in [0.2, 0.25) is 0 Å². The Labute approximate surface area is 77.8 Å². The van der Waals surface area contributed by atoms with E-state index in [-0.39, 0.29) is 5.69 Å². The van der Waals surface area contributed by atoms with Crippen molar-refractivity contribution in [2.45, 2.75) is 45.1 Å². The van der Waals surface area contributed by atoms with Gasteiger partial charge in [0.1, 0.15) is 0 Å². The van der Waals surface area contributed by atoms with Crippen molar-refractivity contribution in [3.63, 3.8) is 0 Å². The summed E-state index contributed by atoms with van der Waals surface area (Å²) in [5, 5.41) is 0. The highest BCUT2D eigenvalue weighted by atomic mass is 16.1. The van der Waals surface area contributed by atoms with Crippen molar-refractivity contribution in [3.8, 4) is 0 Å². The fraction of sp³-hybridized carbons (Fsp3) is 0.700. The average Bonchev–Trinajstić information content (AvgIpc) is 2.30. The minimum absolute atomic E-state index is 0.0633. The van der Waals surface area contributed by atoms with Crippen LogP contribution in [0.25, 0.3) is 0 Å². The van der Waals surface area contributed by atoms with Crippen molar-refractivity contribution in [1.82, 2.24) is 9.55 Å². The Morgan fingerprint density at radius 3 is 2.69 bits per heavy atom. The molecule has 1 aromatic rings. The molecule has 1 N–H and O–H groups in total. The molecule has 1 aliphatic carbocycles. The first-order valence-corrected chi connectivity index (χ1v) is 5.00. The fourth-order valence-electron chi connectivity index (χ4n) is 1.86. The van der Waals surface area contributed by atoms with Gasteiger partial charge < -0.3 is 4.98 Å². The van der Waals surface area contributed by atoms with Crippen LogP contribution in [0.15, 0.2) is 11.0 Å². The van der Waals surface area contributed by atoms with Gasteiger partial charge in [0.2, 0.25) is 0 Å². The highest BCUT2D eigenvalue weighted by Gasteiger charge is 2.24. The number of nitrogens with zero attached hydrogens (tertiary/aromatic N) is 1. The molecular formula is C10H16N2O. The maximum atomic E-state index is 11.5. The molecule has 0 saturated heterocycles. The lowest BCUT2D eigenvalue weighted by molar-refractivity contribution is 0.298. The molecule has 0 aromatic carbocycles. The van der Waals surface area contributed by atoms with Gasteiger partial charge in [-0.2, -0.15) is 0 Å². The van der Waals surface area contributed by atoms with Crippen molar-refractivity contribution in [3.05, 3.63) is 22.4 Å². The summed E-state index contributed by atoms with van der Waals surface area (Å²) in [4.78, 5) is 14.3. The first-order valence-electron chi connectivity index (χ1n) is 5.00. The molecule has 0 bridgehead atoms. The minimum Gasteiger partial charge on any atom is -0.312 e. The second-order valence-electron chi connectivity index (χ2n) is 4.13. The van der Waals surface area contributed by atoms with Crippen LogP contribution in [0.3, 0.4) is 0 Å². The molecule has 0 atom stereocenters. The lowest BCUT2D eigenvalue weighted by Crippen LogP contribution is -2.28. The fourth-order valence-corrected chi connectivity index (χ4v) is 1.86. The number of nitrogens with one attached hydrogen (secondary N) is 1. The van der Waals surface area contributed by atoms with Crippen molar-refractivity contribution < 1.29 is 0 Å². The van der Waals surface area contributed by atoms with E-state index in [1.807, 2.05) is 10.8 Å². The van der Waals surface area contributed by atoms with Crippen molar-refractivity contribution >= 4 is 0 Å². The number of aromatic amines is 1. The molecule has 0 amide bonds. The van der Waals surface area contributed by atoms with E-state index in [2.05, 4.69) is 18.8 Å². The molecule has 13 heavy (non-hydrogen) atoms. The topological polar surface area (TPSA) is 37.8 Å². The Kier molecular flexibility index (Phi) is 2.02. The highest BCUT2D eigenvalue weighted by Crippen LogP contribution is 2.32. The van der Waals surface area contributed by atoms with Crippen LogP contribution in [0.1, 0.15) is 50.8 Å². The van der Waals surface area contributed by atoms with Crippen molar-refractivity contribution in [2.24, 2.45) is 0 Å². The quantitative estimate of drug-likeness (QED) is 0.743. The van der Waals surface area contributed by atoms with Crippen LogP contribution >= 0.6 is 0 Å².